The van der Waals surface area contributed by atoms with Crippen LogP contribution in [0.5, 0.6) is 0 Å². The van der Waals surface area contributed by atoms with Crippen LogP contribution in [0.25, 0.3) is 0 Å². The van der Waals surface area contributed by atoms with E-state index in [9.17, 15) is 14.7 Å². The van der Waals surface area contributed by atoms with Crippen molar-refractivity contribution >= 4 is 17.6 Å². The zero-order valence-electron chi connectivity index (χ0n) is 12.5. The summed E-state index contributed by atoms with van der Waals surface area (Å²) in [5.41, 5.74) is 0.185. The van der Waals surface area contributed by atoms with Crippen molar-refractivity contribution in [2.24, 2.45) is 11.8 Å². The summed E-state index contributed by atoms with van der Waals surface area (Å²) in [6.07, 6.45) is 3.33. The lowest BCUT2D eigenvalue weighted by atomic mass is 9.71. The molecule has 6 heteroatoms. The van der Waals surface area contributed by atoms with Gasteiger partial charge in [-0.15, -0.1) is 0 Å². The molecule has 4 heterocycles. The molecule has 1 aromatic rings. The van der Waals surface area contributed by atoms with Crippen LogP contribution in [0.3, 0.4) is 0 Å². The van der Waals surface area contributed by atoms with Gasteiger partial charge < -0.3 is 20.1 Å². The van der Waals surface area contributed by atoms with E-state index in [0.29, 0.717) is 6.54 Å². The minimum Gasteiger partial charge on any atom is -0.481 e. The maximum absolute atomic E-state index is 13.0. The van der Waals surface area contributed by atoms with Gasteiger partial charge in [0.05, 0.1) is 11.5 Å². The number of carboxylic acids is 1. The lowest BCUT2D eigenvalue weighted by Gasteiger charge is -2.39. The van der Waals surface area contributed by atoms with Crippen molar-refractivity contribution in [3.63, 3.8) is 0 Å². The van der Waals surface area contributed by atoms with E-state index in [1.807, 2.05) is 30.3 Å². The van der Waals surface area contributed by atoms with Gasteiger partial charge in [-0.2, -0.15) is 0 Å². The number of ether oxygens (including phenoxy) is 1. The first-order valence-electron chi connectivity index (χ1n) is 7.75. The zero-order valence-corrected chi connectivity index (χ0v) is 12.5. The second kappa shape index (κ2) is 3.76. The molecule has 0 aliphatic carbocycles. The fourth-order valence-corrected chi connectivity index (χ4v) is 4.75. The Labute approximate surface area is 132 Å². The van der Waals surface area contributed by atoms with Gasteiger partial charge in [-0.05, 0) is 24.6 Å². The number of carbonyl (C=O) groups excluding carboxylic acids is 1. The lowest BCUT2D eigenvalue weighted by Crippen LogP contribution is -2.52. The molecule has 6 nitrogen and oxygen atoms in total. The van der Waals surface area contributed by atoms with Crippen molar-refractivity contribution in [3.05, 3.63) is 42.0 Å². The second-order valence-electron chi connectivity index (χ2n) is 6.94. The Morgan fingerprint density at radius 3 is 2.96 bits per heavy atom. The largest absolute Gasteiger partial charge is 0.481 e. The number of fused-ring (bicyclic) bond motifs is 3. The third-order valence-electron chi connectivity index (χ3n) is 5.71. The maximum atomic E-state index is 13.0. The molecule has 118 valence electrons. The Balaban J connectivity index is 1.65. The first-order chi connectivity index (χ1) is 11.0. The Morgan fingerprint density at radius 1 is 1.39 bits per heavy atom. The molecular formula is C17H16N2O4. The number of rotatable bonds is 1. The number of hydrogen-bond acceptors (Lipinski definition) is 4. The Bertz CT molecular complexity index is 791. The van der Waals surface area contributed by atoms with Gasteiger partial charge in [0, 0.05) is 12.2 Å². The molecule has 1 spiro atoms. The molecule has 0 unspecified atom stereocenters. The summed E-state index contributed by atoms with van der Waals surface area (Å²) in [6, 6.07) is 7.82. The van der Waals surface area contributed by atoms with Gasteiger partial charge in [-0.1, -0.05) is 24.3 Å². The normalized spacial score (nSPS) is 42.2. The van der Waals surface area contributed by atoms with Crippen molar-refractivity contribution < 1.29 is 19.4 Å². The lowest BCUT2D eigenvalue weighted by molar-refractivity contribution is -0.151. The average molecular weight is 312 g/mol. The molecule has 0 saturated carbocycles. The fourth-order valence-electron chi connectivity index (χ4n) is 4.75. The number of para-hydroxylation sites is 1. The Morgan fingerprint density at radius 2 is 2.17 bits per heavy atom. The third kappa shape index (κ3) is 1.34. The highest BCUT2D eigenvalue weighted by Crippen LogP contribution is 2.60. The van der Waals surface area contributed by atoms with Crippen molar-refractivity contribution in [1.29, 1.82) is 0 Å². The molecule has 0 aromatic heterocycles. The molecule has 1 amide bonds. The fraction of sp³-hybridized carbons (Fsp3) is 0.412. The average Bonchev–Trinajstić information content (AvgIpc) is 3.09. The topological polar surface area (TPSA) is 78.9 Å². The molecule has 2 saturated heterocycles. The quantitative estimate of drug-likeness (QED) is 0.762. The molecule has 4 aliphatic rings. The number of aliphatic carboxylic acids is 1. The van der Waals surface area contributed by atoms with E-state index in [4.69, 9.17) is 4.74 Å². The van der Waals surface area contributed by atoms with Crippen LogP contribution in [-0.4, -0.2) is 39.3 Å². The van der Waals surface area contributed by atoms with Gasteiger partial charge in [-0.25, -0.2) is 0 Å². The van der Waals surface area contributed by atoms with E-state index in [2.05, 4.69) is 5.32 Å². The minimum atomic E-state index is -0.977. The smallest absolute Gasteiger partial charge is 0.310 e. The molecule has 1 aromatic carbocycles. The monoisotopic (exact) mass is 312 g/mol. The predicted octanol–water partition coefficient (Wildman–Crippen LogP) is 1.19. The third-order valence-corrected chi connectivity index (χ3v) is 5.71. The first kappa shape index (κ1) is 13.1. The van der Waals surface area contributed by atoms with Gasteiger partial charge >= 0.3 is 5.97 Å². The van der Waals surface area contributed by atoms with Gasteiger partial charge in [0.1, 0.15) is 17.7 Å². The maximum Gasteiger partial charge on any atom is 0.310 e. The second-order valence-corrected chi connectivity index (χ2v) is 6.94. The van der Waals surface area contributed by atoms with Crippen LogP contribution in [0.1, 0.15) is 12.5 Å². The van der Waals surface area contributed by atoms with E-state index in [1.54, 1.807) is 17.9 Å². The highest BCUT2D eigenvalue weighted by molar-refractivity contribution is 5.93. The van der Waals surface area contributed by atoms with Crippen LogP contribution in [-0.2, 0) is 20.9 Å². The van der Waals surface area contributed by atoms with Crippen molar-refractivity contribution in [3.8, 4) is 0 Å². The van der Waals surface area contributed by atoms with Crippen molar-refractivity contribution in [1.82, 2.24) is 4.90 Å². The highest BCUT2D eigenvalue weighted by Gasteiger charge is 2.75. The van der Waals surface area contributed by atoms with Crippen LogP contribution < -0.4 is 5.32 Å². The van der Waals surface area contributed by atoms with E-state index in [1.165, 1.54) is 0 Å². The summed E-state index contributed by atoms with van der Waals surface area (Å²) >= 11 is 0. The van der Waals surface area contributed by atoms with Gasteiger partial charge in [0.2, 0.25) is 5.91 Å². The van der Waals surface area contributed by atoms with Crippen LogP contribution in [0.15, 0.2) is 36.4 Å². The standard InChI is InChI=1S/C17H16N2O4/c1-16-6-7-17(23-16)11(12(16)14(21)22)13(20)19-8-9-4-2-3-5-10(9)18-15(17)19/h2-7,11-12,15,18H,8H2,1H3,(H,21,22)/t11-,12+,15-,16+,17-/m1/s1. The number of nitrogens with one attached hydrogen (secondary N) is 1. The number of carboxylic acid groups (broad SMARTS) is 1. The van der Waals surface area contributed by atoms with Crippen molar-refractivity contribution in [2.45, 2.75) is 30.8 Å². The van der Waals surface area contributed by atoms with Crippen molar-refractivity contribution in [2.75, 3.05) is 5.32 Å². The van der Waals surface area contributed by atoms with E-state index in [0.717, 1.165) is 11.3 Å². The zero-order chi connectivity index (χ0) is 16.0. The summed E-state index contributed by atoms with van der Waals surface area (Å²) in [7, 11) is 0. The SMILES string of the molecule is C[C@@]12C=C[C@]3(O1)[C@@H]1Nc4ccccc4CN1C(=O)[C@H]3[C@H]2C(=O)O. The summed E-state index contributed by atoms with van der Waals surface area (Å²) < 4.78 is 6.18. The van der Waals surface area contributed by atoms with E-state index in [-0.39, 0.29) is 12.1 Å². The molecule has 2 N–H and O–H groups in total. The summed E-state index contributed by atoms with van der Waals surface area (Å²) in [5.74, 6) is -2.65. The van der Waals surface area contributed by atoms with E-state index >= 15 is 0 Å². The summed E-state index contributed by atoms with van der Waals surface area (Å²) in [5, 5.41) is 13.1. The summed E-state index contributed by atoms with van der Waals surface area (Å²) in [6.45, 7) is 2.23. The van der Waals surface area contributed by atoms with Gasteiger partial charge in [0.25, 0.3) is 0 Å². The molecule has 23 heavy (non-hydrogen) atoms. The number of nitrogens with zero attached hydrogens (tertiary/aromatic N) is 1. The molecule has 0 radical (unpaired) electrons. The molecule has 4 aliphatic heterocycles. The van der Waals surface area contributed by atoms with Crippen LogP contribution in [0, 0.1) is 11.8 Å². The Hall–Kier alpha value is -2.34. The van der Waals surface area contributed by atoms with Crippen LogP contribution in [0.2, 0.25) is 0 Å². The molecule has 5 rings (SSSR count). The van der Waals surface area contributed by atoms with Gasteiger partial charge in [-0.3, -0.25) is 9.59 Å². The van der Waals surface area contributed by atoms with E-state index < -0.39 is 29.0 Å². The number of hydrogen-bond donors (Lipinski definition) is 2. The highest BCUT2D eigenvalue weighted by atomic mass is 16.5. The molecule has 5 atom stereocenters. The first-order valence-corrected chi connectivity index (χ1v) is 7.75. The van der Waals surface area contributed by atoms with Gasteiger partial charge in [0.15, 0.2) is 0 Å². The number of anilines is 1. The van der Waals surface area contributed by atoms with Crippen LogP contribution >= 0.6 is 0 Å². The predicted molar refractivity (Wildman–Crippen MR) is 80.4 cm³/mol. The molecule has 2 fully saturated rings. The summed E-state index contributed by atoms with van der Waals surface area (Å²) in [4.78, 5) is 26.5. The number of carbonyl (C=O) groups is 2. The molecule has 2 bridgehead atoms. The Kier molecular flexibility index (Phi) is 2.15. The number of benzene rings is 1. The number of amides is 1. The molecular weight excluding hydrogens is 296 g/mol. The minimum absolute atomic E-state index is 0.141. The van der Waals surface area contributed by atoms with Crippen LogP contribution in [0.4, 0.5) is 5.69 Å².